The Kier molecular flexibility index (Phi) is 4.56. The number of anilines is 2. The van der Waals surface area contributed by atoms with Crippen LogP contribution in [0.4, 0.5) is 11.5 Å². The zero-order valence-electron chi connectivity index (χ0n) is 16.0. The molecule has 0 aliphatic carbocycles. The van der Waals surface area contributed by atoms with Crippen LogP contribution < -0.4 is 9.80 Å². The molecule has 0 atom stereocenters. The third-order valence-electron chi connectivity index (χ3n) is 5.30. The second kappa shape index (κ2) is 7.02. The van der Waals surface area contributed by atoms with Crippen LogP contribution in [0.2, 0.25) is 0 Å². The molecule has 1 saturated heterocycles. The highest BCUT2D eigenvalue weighted by Crippen LogP contribution is 2.34. The van der Waals surface area contributed by atoms with E-state index < -0.39 is 0 Å². The third-order valence-corrected chi connectivity index (χ3v) is 5.30. The van der Waals surface area contributed by atoms with E-state index in [1.54, 1.807) is 11.9 Å². The topological polar surface area (TPSA) is 62.5 Å². The van der Waals surface area contributed by atoms with Crippen molar-refractivity contribution in [3.63, 3.8) is 0 Å². The van der Waals surface area contributed by atoms with Crippen LogP contribution in [0.3, 0.4) is 0 Å². The predicted molar refractivity (Wildman–Crippen MR) is 107 cm³/mol. The molecule has 0 spiro atoms. The Balaban J connectivity index is 1.82. The number of carbonyl (C=O) groups excluding carboxylic acids is 1. The molecule has 6 heteroatoms. The van der Waals surface area contributed by atoms with Gasteiger partial charge in [-0.15, -0.1) is 0 Å². The number of furan rings is 1. The number of amides is 1. The normalized spacial score (nSPS) is 14.6. The smallest absolute Gasteiger partial charge is 0.262 e. The molecule has 1 aliphatic heterocycles. The Hall–Kier alpha value is -2.89. The van der Waals surface area contributed by atoms with Crippen molar-refractivity contribution >= 4 is 28.5 Å². The molecule has 1 amide bonds. The van der Waals surface area contributed by atoms with E-state index in [4.69, 9.17) is 4.42 Å². The van der Waals surface area contributed by atoms with E-state index >= 15 is 0 Å². The van der Waals surface area contributed by atoms with Crippen molar-refractivity contribution in [1.29, 1.82) is 0 Å². The lowest BCUT2D eigenvalue weighted by Crippen LogP contribution is -2.31. The van der Waals surface area contributed by atoms with Gasteiger partial charge in [0, 0.05) is 25.8 Å². The van der Waals surface area contributed by atoms with Crippen LogP contribution in [0.1, 0.15) is 40.9 Å². The minimum Gasteiger partial charge on any atom is -0.442 e. The number of hydrogen-bond donors (Lipinski definition) is 0. The molecule has 0 unspecified atom stereocenters. The van der Waals surface area contributed by atoms with Gasteiger partial charge in [0.25, 0.3) is 5.91 Å². The second-order valence-electron chi connectivity index (χ2n) is 7.11. The Morgan fingerprint density at radius 2 is 1.85 bits per heavy atom. The number of piperidine rings is 1. The molecule has 1 aromatic carbocycles. The zero-order chi connectivity index (χ0) is 19.0. The molecule has 4 rings (SSSR count). The molecule has 0 radical (unpaired) electrons. The van der Waals surface area contributed by atoms with Crippen molar-refractivity contribution in [2.45, 2.75) is 33.1 Å². The van der Waals surface area contributed by atoms with E-state index in [9.17, 15) is 4.79 Å². The van der Waals surface area contributed by atoms with Gasteiger partial charge in [-0.25, -0.2) is 9.97 Å². The monoisotopic (exact) mass is 364 g/mol. The summed E-state index contributed by atoms with van der Waals surface area (Å²) in [7, 11) is 1.80. The zero-order valence-corrected chi connectivity index (χ0v) is 16.0. The summed E-state index contributed by atoms with van der Waals surface area (Å²) in [5.41, 5.74) is 2.96. The number of fused-ring (bicyclic) bond motifs is 1. The molecule has 3 heterocycles. The maximum absolute atomic E-state index is 13.4. The Morgan fingerprint density at radius 3 is 2.59 bits per heavy atom. The van der Waals surface area contributed by atoms with Crippen molar-refractivity contribution in [1.82, 2.24) is 9.97 Å². The standard InChI is InChI=1S/C21H24N4O2/c1-14-9-5-6-10-16(14)24(3)21(26)17-15(2)27-20-18(17)19(22-13-23-20)25-11-7-4-8-12-25/h5-6,9-10,13H,4,7-8,11-12H2,1-3H3. The van der Waals surface area contributed by atoms with Crippen molar-refractivity contribution in [2.75, 3.05) is 29.9 Å². The Labute approximate surface area is 158 Å². The summed E-state index contributed by atoms with van der Waals surface area (Å²) >= 11 is 0. The van der Waals surface area contributed by atoms with Crippen LogP contribution in [0.15, 0.2) is 35.0 Å². The average molecular weight is 364 g/mol. The van der Waals surface area contributed by atoms with Crippen LogP contribution in [0, 0.1) is 13.8 Å². The van der Waals surface area contributed by atoms with Crippen LogP contribution in [0.5, 0.6) is 0 Å². The number of aromatic nitrogens is 2. The molecule has 1 fully saturated rings. The first kappa shape index (κ1) is 17.5. The largest absolute Gasteiger partial charge is 0.442 e. The third kappa shape index (κ3) is 3.05. The average Bonchev–Trinajstić information content (AvgIpc) is 3.03. The number of rotatable bonds is 3. The van der Waals surface area contributed by atoms with E-state index in [0.29, 0.717) is 17.0 Å². The highest BCUT2D eigenvalue weighted by molar-refractivity contribution is 6.16. The minimum absolute atomic E-state index is 0.103. The van der Waals surface area contributed by atoms with Gasteiger partial charge in [-0.05, 0) is 44.7 Å². The quantitative estimate of drug-likeness (QED) is 0.700. The maximum Gasteiger partial charge on any atom is 0.262 e. The van der Waals surface area contributed by atoms with Crippen LogP contribution in [-0.4, -0.2) is 36.0 Å². The van der Waals surface area contributed by atoms with E-state index in [0.717, 1.165) is 48.4 Å². The van der Waals surface area contributed by atoms with Crippen molar-refractivity contribution in [3.8, 4) is 0 Å². The molecule has 3 aromatic rings. The van der Waals surface area contributed by atoms with Gasteiger partial charge in [-0.1, -0.05) is 18.2 Å². The molecule has 1 aliphatic rings. The lowest BCUT2D eigenvalue weighted by molar-refractivity contribution is 0.0992. The van der Waals surface area contributed by atoms with Gasteiger partial charge in [0.15, 0.2) is 0 Å². The number of hydrogen-bond acceptors (Lipinski definition) is 5. The number of benzene rings is 1. The number of para-hydroxylation sites is 1. The predicted octanol–water partition coefficient (Wildman–Crippen LogP) is 4.11. The summed E-state index contributed by atoms with van der Waals surface area (Å²) in [5, 5.41) is 0.724. The Morgan fingerprint density at radius 1 is 1.11 bits per heavy atom. The Bertz CT molecular complexity index is 989. The molecule has 2 aromatic heterocycles. The fourth-order valence-electron chi connectivity index (χ4n) is 3.85. The fraction of sp³-hybridized carbons (Fsp3) is 0.381. The number of aryl methyl sites for hydroxylation is 2. The number of nitrogens with zero attached hydrogens (tertiary/aromatic N) is 4. The van der Waals surface area contributed by atoms with Crippen molar-refractivity contribution < 1.29 is 9.21 Å². The summed E-state index contributed by atoms with van der Waals surface area (Å²) in [6.45, 7) is 5.71. The molecular formula is C21H24N4O2. The van der Waals surface area contributed by atoms with E-state index in [1.807, 2.05) is 38.1 Å². The SMILES string of the molecule is Cc1ccccc1N(C)C(=O)c1c(C)oc2ncnc(N3CCCCC3)c12. The lowest BCUT2D eigenvalue weighted by atomic mass is 10.1. The molecular weight excluding hydrogens is 340 g/mol. The molecule has 27 heavy (non-hydrogen) atoms. The second-order valence-corrected chi connectivity index (χ2v) is 7.11. The van der Waals surface area contributed by atoms with Crippen LogP contribution in [0.25, 0.3) is 11.1 Å². The van der Waals surface area contributed by atoms with Gasteiger partial charge in [-0.3, -0.25) is 4.79 Å². The summed E-state index contributed by atoms with van der Waals surface area (Å²) in [6.07, 6.45) is 5.02. The van der Waals surface area contributed by atoms with Gasteiger partial charge in [0.2, 0.25) is 5.71 Å². The molecule has 0 saturated carbocycles. The fourth-order valence-corrected chi connectivity index (χ4v) is 3.85. The minimum atomic E-state index is -0.103. The van der Waals surface area contributed by atoms with Gasteiger partial charge in [-0.2, -0.15) is 0 Å². The summed E-state index contributed by atoms with van der Waals surface area (Å²) in [5.74, 6) is 1.28. The molecule has 0 N–H and O–H groups in total. The van der Waals surface area contributed by atoms with Crippen molar-refractivity contribution in [2.24, 2.45) is 0 Å². The van der Waals surface area contributed by atoms with Crippen LogP contribution >= 0.6 is 0 Å². The summed E-state index contributed by atoms with van der Waals surface area (Å²) in [4.78, 5) is 26.1. The van der Waals surface area contributed by atoms with Crippen LogP contribution in [-0.2, 0) is 0 Å². The van der Waals surface area contributed by atoms with Crippen molar-refractivity contribution in [3.05, 3.63) is 47.5 Å². The highest BCUT2D eigenvalue weighted by atomic mass is 16.3. The van der Waals surface area contributed by atoms with Gasteiger partial charge >= 0.3 is 0 Å². The van der Waals surface area contributed by atoms with E-state index in [1.165, 1.54) is 12.7 Å². The lowest BCUT2D eigenvalue weighted by Gasteiger charge is -2.28. The summed E-state index contributed by atoms with van der Waals surface area (Å²) in [6, 6.07) is 7.86. The van der Waals surface area contributed by atoms with E-state index in [2.05, 4.69) is 14.9 Å². The number of carbonyl (C=O) groups is 1. The molecule has 6 nitrogen and oxygen atoms in total. The maximum atomic E-state index is 13.4. The van der Waals surface area contributed by atoms with Gasteiger partial charge < -0.3 is 14.2 Å². The first-order valence-electron chi connectivity index (χ1n) is 9.40. The molecule has 0 bridgehead atoms. The van der Waals surface area contributed by atoms with Gasteiger partial charge in [0.05, 0.1) is 10.9 Å². The summed E-state index contributed by atoms with van der Waals surface area (Å²) < 4.78 is 5.84. The first-order valence-corrected chi connectivity index (χ1v) is 9.40. The first-order chi connectivity index (χ1) is 13.1. The highest BCUT2D eigenvalue weighted by Gasteiger charge is 2.28. The van der Waals surface area contributed by atoms with Gasteiger partial charge in [0.1, 0.15) is 17.9 Å². The molecule has 140 valence electrons. The van der Waals surface area contributed by atoms with E-state index in [-0.39, 0.29) is 5.91 Å².